The zero-order chi connectivity index (χ0) is 8.27. The van der Waals surface area contributed by atoms with Crippen LogP contribution in [0.4, 0.5) is 0 Å². The molecule has 0 spiro atoms. The van der Waals surface area contributed by atoms with Crippen LogP contribution in [0.3, 0.4) is 0 Å². The van der Waals surface area contributed by atoms with Gasteiger partial charge < -0.3 is 5.73 Å². The Labute approximate surface area is 69.8 Å². The Bertz CT molecular complexity index is 110. The molecule has 1 saturated heterocycles. The minimum absolute atomic E-state index is 0.574. The van der Waals surface area contributed by atoms with Gasteiger partial charge in [-0.3, -0.25) is 4.90 Å². The number of nitrogens with two attached hydrogens (primary N) is 1. The third-order valence-corrected chi connectivity index (χ3v) is 2.76. The van der Waals surface area contributed by atoms with Crippen molar-refractivity contribution in [1.82, 2.24) is 4.90 Å². The van der Waals surface area contributed by atoms with Crippen LogP contribution in [0.15, 0.2) is 0 Å². The zero-order valence-corrected chi connectivity index (χ0v) is 7.71. The van der Waals surface area contributed by atoms with E-state index in [1.807, 2.05) is 0 Å². The molecule has 1 heterocycles. The van der Waals surface area contributed by atoms with Crippen LogP contribution < -0.4 is 5.73 Å². The minimum Gasteiger partial charge on any atom is -0.329 e. The first kappa shape index (κ1) is 9.01. The Kier molecular flexibility index (Phi) is 3.34. The molecule has 0 aromatic carbocycles. The molecule has 1 fully saturated rings. The fourth-order valence-corrected chi connectivity index (χ4v) is 1.91. The number of likely N-dealkylation sites (tertiary alicyclic amines) is 1. The first-order chi connectivity index (χ1) is 5.25. The van der Waals surface area contributed by atoms with Gasteiger partial charge in [0.1, 0.15) is 0 Å². The summed E-state index contributed by atoms with van der Waals surface area (Å²) >= 11 is 0. The summed E-state index contributed by atoms with van der Waals surface area (Å²) in [6, 6.07) is 1.33. The summed E-state index contributed by atoms with van der Waals surface area (Å²) < 4.78 is 0. The topological polar surface area (TPSA) is 29.3 Å². The summed E-state index contributed by atoms with van der Waals surface area (Å²) in [6.45, 7) is 6.58. The van der Waals surface area contributed by atoms with Crippen molar-refractivity contribution in [2.75, 3.05) is 13.1 Å². The van der Waals surface area contributed by atoms with Gasteiger partial charge in [0.05, 0.1) is 0 Å². The van der Waals surface area contributed by atoms with Gasteiger partial charge in [-0.05, 0) is 33.2 Å². The Balaban J connectivity index is 2.40. The number of hydrogen-bond donors (Lipinski definition) is 1. The number of piperidine rings is 1. The van der Waals surface area contributed by atoms with Gasteiger partial charge in [0.2, 0.25) is 0 Å². The predicted octanol–water partition coefficient (Wildman–Crippen LogP) is 1.21. The average molecular weight is 156 g/mol. The average Bonchev–Trinajstić information content (AvgIpc) is 2.04. The molecule has 1 aliphatic heterocycles. The van der Waals surface area contributed by atoms with Crippen molar-refractivity contribution in [3.8, 4) is 0 Å². The van der Waals surface area contributed by atoms with Gasteiger partial charge in [0, 0.05) is 18.6 Å². The van der Waals surface area contributed by atoms with E-state index >= 15 is 0 Å². The molecule has 0 aromatic heterocycles. The van der Waals surface area contributed by atoms with Gasteiger partial charge in [-0.25, -0.2) is 0 Å². The van der Waals surface area contributed by atoms with E-state index in [-0.39, 0.29) is 0 Å². The van der Waals surface area contributed by atoms with E-state index in [1.165, 1.54) is 25.8 Å². The Morgan fingerprint density at radius 3 is 2.82 bits per heavy atom. The molecule has 1 rings (SSSR count). The molecule has 66 valence electrons. The van der Waals surface area contributed by atoms with E-state index in [0.29, 0.717) is 6.04 Å². The summed E-state index contributed by atoms with van der Waals surface area (Å²) in [6.07, 6.45) is 4.11. The maximum absolute atomic E-state index is 5.62. The molecule has 0 aliphatic carbocycles. The van der Waals surface area contributed by atoms with Gasteiger partial charge in [-0.15, -0.1) is 0 Å². The van der Waals surface area contributed by atoms with Crippen LogP contribution in [0.1, 0.15) is 33.1 Å². The molecule has 0 bridgehead atoms. The van der Waals surface area contributed by atoms with Crippen molar-refractivity contribution in [2.45, 2.75) is 45.2 Å². The summed E-state index contributed by atoms with van der Waals surface area (Å²) in [5.41, 5.74) is 5.62. The fraction of sp³-hybridized carbons (Fsp3) is 1.00. The lowest BCUT2D eigenvalue weighted by atomic mass is 10.0. The second kappa shape index (κ2) is 4.07. The second-order valence-electron chi connectivity index (χ2n) is 3.67. The van der Waals surface area contributed by atoms with E-state index in [9.17, 15) is 0 Å². The first-order valence-corrected chi connectivity index (χ1v) is 4.71. The van der Waals surface area contributed by atoms with Gasteiger partial charge in [0.15, 0.2) is 0 Å². The lowest BCUT2D eigenvalue weighted by Gasteiger charge is -2.37. The van der Waals surface area contributed by atoms with Crippen LogP contribution in [0.25, 0.3) is 0 Å². The van der Waals surface area contributed by atoms with Crippen molar-refractivity contribution < 1.29 is 0 Å². The van der Waals surface area contributed by atoms with Crippen molar-refractivity contribution in [1.29, 1.82) is 0 Å². The third-order valence-electron chi connectivity index (χ3n) is 2.76. The zero-order valence-electron chi connectivity index (χ0n) is 7.71. The lowest BCUT2D eigenvalue weighted by Crippen LogP contribution is -2.46. The SMILES string of the molecule is C[C@H](CN)N1CCCC[C@@H]1C. The standard InChI is InChI=1S/C9H20N2/c1-8-5-3-4-6-11(8)9(2)7-10/h8-9H,3-7,10H2,1-2H3/t8-,9+/m0/s1. The second-order valence-corrected chi connectivity index (χ2v) is 3.67. The molecule has 0 amide bonds. The highest BCUT2D eigenvalue weighted by Gasteiger charge is 2.21. The Hall–Kier alpha value is -0.0800. The molecular weight excluding hydrogens is 136 g/mol. The van der Waals surface area contributed by atoms with Crippen LogP contribution in [-0.2, 0) is 0 Å². The largest absolute Gasteiger partial charge is 0.329 e. The van der Waals surface area contributed by atoms with E-state index in [0.717, 1.165) is 12.6 Å². The Morgan fingerprint density at radius 2 is 2.27 bits per heavy atom. The molecule has 0 unspecified atom stereocenters. The molecule has 11 heavy (non-hydrogen) atoms. The summed E-state index contributed by atoms with van der Waals surface area (Å²) in [5.74, 6) is 0. The van der Waals surface area contributed by atoms with Gasteiger partial charge in [-0.2, -0.15) is 0 Å². The van der Waals surface area contributed by atoms with Crippen molar-refractivity contribution in [3.63, 3.8) is 0 Å². The quantitative estimate of drug-likeness (QED) is 0.651. The highest BCUT2D eigenvalue weighted by atomic mass is 15.2. The van der Waals surface area contributed by atoms with E-state index in [1.54, 1.807) is 0 Å². The Morgan fingerprint density at radius 1 is 1.55 bits per heavy atom. The smallest absolute Gasteiger partial charge is 0.0192 e. The van der Waals surface area contributed by atoms with E-state index < -0.39 is 0 Å². The fourth-order valence-electron chi connectivity index (χ4n) is 1.91. The van der Waals surface area contributed by atoms with Gasteiger partial charge in [0.25, 0.3) is 0 Å². The highest BCUT2D eigenvalue weighted by Crippen LogP contribution is 2.18. The monoisotopic (exact) mass is 156 g/mol. The van der Waals surface area contributed by atoms with Crippen LogP contribution in [0, 0.1) is 0 Å². The van der Waals surface area contributed by atoms with E-state index in [4.69, 9.17) is 5.73 Å². The molecule has 2 nitrogen and oxygen atoms in total. The summed E-state index contributed by atoms with van der Waals surface area (Å²) in [5, 5.41) is 0. The number of nitrogens with zero attached hydrogens (tertiary/aromatic N) is 1. The van der Waals surface area contributed by atoms with Crippen molar-refractivity contribution in [2.24, 2.45) is 5.73 Å². The molecule has 0 saturated carbocycles. The molecule has 2 atom stereocenters. The normalized spacial score (nSPS) is 30.3. The maximum Gasteiger partial charge on any atom is 0.0192 e. The lowest BCUT2D eigenvalue weighted by molar-refractivity contribution is 0.118. The molecule has 2 heteroatoms. The molecule has 0 radical (unpaired) electrons. The van der Waals surface area contributed by atoms with Crippen molar-refractivity contribution >= 4 is 0 Å². The van der Waals surface area contributed by atoms with Crippen LogP contribution in [0.5, 0.6) is 0 Å². The van der Waals surface area contributed by atoms with Gasteiger partial charge in [-0.1, -0.05) is 6.42 Å². The van der Waals surface area contributed by atoms with Crippen LogP contribution >= 0.6 is 0 Å². The summed E-state index contributed by atoms with van der Waals surface area (Å²) in [4.78, 5) is 2.53. The predicted molar refractivity (Wildman–Crippen MR) is 48.5 cm³/mol. The van der Waals surface area contributed by atoms with Gasteiger partial charge >= 0.3 is 0 Å². The molecular formula is C9H20N2. The highest BCUT2D eigenvalue weighted by molar-refractivity contribution is 4.77. The molecule has 2 N–H and O–H groups in total. The number of rotatable bonds is 2. The summed E-state index contributed by atoms with van der Waals surface area (Å²) in [7, 11) is 0. The molecule has 0 aromatic rings. The minimum atomic E-state index is 0.574. The number of hydrogen-bond acceptors (Lipinski definition) is 2. The van der Waals surface area contributed by atoms with Crippen LogP contribution in [-0.4, -0.2) is 30.1 Å². The first-order valence-electron chi connectivity index (χ1n) is 4.71. The van der Waals surface area contributed by atoms with Crippen LogP contribution in [0.2, 0.25) is 0 Å². The maximum atomic E-state index is 5.62. The van der Waals surface area contributed by atoms with Crippen molar-refractivity contribution in [3.05, 3.63) is 0 Å². The van der Waals surface area contributed by atoms with E-state index in [2.05, 4.69) is 18.7 Å². The molecule has 1 aliphatic rings. The third kappa shape index (κ3) is 2.17.